The highest BCUT2D eigenvalue weighted by Gasteiger charge is 2.28. The average Bonchev–Trinajstić information content (AvgIpc) is 2.27. The predicted octanol–water partition coefficient (Wildman–Crippen LogP) is 0.589. The lowest BCUT2D eigenvalue weighted by Gasteiger charge is -2.35. The van der Waals surface area contributed by atoms with Crippen LogP contribution in [0.3, 0.4) is 0 Å². The Kier molecular flexibility index (Phi) is 4.74. The zero-order chi connectivity index (χ0) is 12.3. The molecule has 94 valence electrons. The van der Waals surface area contributed by atoms with Gasteiger partial charge in [0, 0.05) is 13.1 Å². The largest absolute Gasteiger partial charge is 0.393 e. The molecule has 4 heteroatoms. The lowest BCUT2D eigenvalue weighted by Crippen LogP contribution is -2.49. The molecule has 0 aromatic rings. The van der Waals surface area contributed by atoms with E-state index in [4.69, 9.17) is 5.73 Å². The van der Waals surface area contributed by atoms with Crippen LogP contribution in [0.1, 0.15) is 33.6 Å². The van der Waals surface area contributed by atoms with Gasteiger partial charge in [-0.15, -0.1) is 0 Å². The number of likely N-dealkylation sites (tertiary alicyclic amines) is 1. The van der Waals surface area contributed by atoms with Gasteiger partial charge in [-0.3, -0.25) is 4.79 Å². The van der Waals surface area contributed by atoms with Crippen LogP contribution in [0.5, 0.6) is 0 Å². The van der Waals surface area contributed by atoms with Crippen LogP contribution < -0.4 is 5.73 Å². The molecule has 0 aromatic carbocycles. The standard InChI is InChI=1S/C12H24N2O2/c1-8(2)11(13)12(16)14-6-4-10(5-7-14)9(3)15/h8-11,15H,4-7,13H2,1-3H3/t9?,11-/m1/s1. The van der Waals surface area contributed by atoms with Gasteiger partial charge < -0.3 is 15.7 Å². The number of hydrogen-bond acceptors (Lipinski definition) is 3. The number of nitrogens with two attached hydrogens (primary N) is 1. The number of aliphatic hydroxyl groups excluding tert-OH is 1. The van der Waals surface area contributed by atoms with Gasteiger partial charge in [0.1, 0.15) is 0 Å². The Balaban J connectivity index is 2.45. The molecule has 1 unspecified atom stereocenters. The normalized spacial score (nSPS) is 22.2. The molecular weight excluding hydrogens is 204 g/mol. The number of piperidine rings is 1. The first-order valence-electron chi connectivity index (χ1n) is 6.16. The molecule has 3 N–H and O–H groups in total. The van der Waals surface area contributed by atoms with E-state index in [9.17, 15) is 9.90 Å². The van der Waals surface area contributed by atoms with Gasteiger partial charge in [0.2, 0.25) is 5.91 Å². The van der Waals surface area contributed by atoms with Crippen LogP contribution in [-0.2, 0) is 4.79 Å². The molecule has 1 aliphatic heterocycles. The van der Waals surface area contributed by atoms with E-state index in [1.54, 1.807) is 0 Å². The molecule has 1 aliphatic rings. The zero-order valence-electron chi connectivity index (χ0n) is 10.5. The molecule has 0 saturated carbocycles. The Morgan fingerprint density at radius 3 is 2.19 bits per heavy atom. The fourth-order valence-electron chi connectivity index (χ4n) is 2.10. The molecule has 1 saturated heterocycles. The highest BCUT2D eigenvalue weighted by atomic mass is 16.3. The third kappa shape index (κ3) is 3.19. The highest BCUT2D eigenvalue weighted by Crippen LogP contribution is 2.21. The number of carbonyl (C=O) groups is 1. The number of nitrogens with zero attached hydrogens (tertiary/aromatic N) is 1. The van der Waals surface area contributed by atoms with E-state index in [0.29, 0.717) is 5.92 Å². The molecule has 0 bridgehead atoms. The van der Waals surface area contributed by atoms with Gasteiger partial charge in [0.05, 0.1) is 12.1 Å². The second-order valence-electron chi connectivity index (χ2n) is 5.17. The summed E-state index contributed by atoms with van der Waals surface area (Å²) in [5.41, 5.74) is 5.84. The first kappa shape index (κ1) is 13.5. The Bertz CT molecular complexity index is 233. The van der Waals surface area contributed by atoms with Gasteiger partial charge in [-0.1, -0.05) is 13.8 Å². The van der Waals surface area contributed by atoms with Gasteiger partial charge in [-0.25, -0.2) is 0 Å². The van der Waals surface area contributed by atoms with Crippen LogP contribution >= 0.6 is 0 Å². The Morgan fingerprint density at radius 1 is 1.31 bits per heavy atom. The summed E-state index contributed by atoms with van der Waals surface area (Å²) >= 11 is 0. The van der Waals surface area contributed by atoms with Crippen molar-refractivity contribution in [2.75, 3.05) is 13.1 Å². The van der Waals surface area contributed by atoms with Crippen LogP contribution in [0.15, 0.2) is 0 Å². The Morgan fingerprint density at radius 2 is 1.81 bits per heavy atom. The van der Waals surface area contributed by atoms with Crippen molar-refractivity contribution < 1.29 is 9.90 Å². The topological polar surface area (TPSA) is 66.6 Å². The fraction of sp³-hybridized carbons (Fsp3) is 0.917. The lowest BCUT2D eigenvalue weighted by molar-refractivity contribution is -0.135. The minimum Gasteiger partial charge on any atom is -0.393 e. The molecule has 1 rings (SSSR count). The maximum Gasteiger partial charge on any atom is 0.239 e. The van der Waals surface area contributed by atoms with Gasteiger partial charge in [-0.05, 0) is 31.6 Å². The smallest absolute Gasteiger partial charge is 0.239 e. The van der Waals surface area contributed by atoms with Gasteiger partial charge >= 0.3 is 0 Å². The van der Waals surface area contributed by atoms with Crippen LogP contribution in [-0.4, -0.2) is 41.1 Å². The summed E-state index contributed by atoms with van der Waals surface area (Å²) in [6, 6.07) is -0.386. The lowest BCUT2D eigenvalue weighted by atomic mass is 9.91. The minimum atomic E-state index is -0.386. The molecule has 1 heterocycles. The van der Waals surface area contributed by atoms with Crippen LogP contribution in [0.4, 0.5) is 0 Å². The van der Waals surface area contributed by atoms with Crippen molar-refractivity contribution in [3.05, 3.63) is 0 Å². The summed E-state index contributed by atoms with van der Waals surface area (Å²) in [6.07, 6.45) is 1.50. The molecule has 1 fully saturated rings. The Labute approximate surface area is 97.8 Å². The third-order valence-electron chi connectivity index (χ3n) is 3.54. The maximum atomic E-state index is 12.0. The van der Waals surface area contributed by atoms with Gasteiger partial charge in [0.15, 0.2) is 0 Å². The van der Waals surface area contributed by atoms with Crippen molar-refractivity contribution in [3.63, 3.8) is 0 Å². The number of amides is 1. The van der Waals surface area contributed by atoms with Crippen LogP contribution in [0.2, 0.25) is 0 Å². The van der Waals surface area contributed by atoms with Crippen LogP contribution in [0.25, 0.3) is 0 Å². The molecule has 0 aliphatic carbocycles. The van der Waals surface area contributed by atoms with E-state index >= 15 is 0 Å². The SMILES string of the molecule is CC(O)C1CCN(C(=O)[C@H](N)C(C)C)CC1. The third-order valence-corrected chi connectivity index (χ3v) is 3.54. The molecule has 4 nitrogen and oxygen atoms in total. The first-order chi connectivity index (χ1) is 7.43. The summed E-state index contributed by atoms with van der Waals surface area (Å²) in [7, 11) is 0. The molecule has 2 atom stereocenters. The number of carbonyl (C=O) groups excluding carboxylic acids is 1. The summed E-state index contributed by atoms with van der Waals surface area (Å²) in [5, 5.41) is 9.47. The second-order valence-corrected chi connectivity index (χ2v) is 5.17. The summed E-state index contributed by atoms with van der Waals surface area (Å²) in [4.78, 5) is 13.8. The number of aliphatic hydroxyl groups is 1. The van der Waals surface area contributed by atoms with E-state index in [-0.39, 0.29) is 24.0 Å². The van der Waals surface area contributed by atoms with Crippen molar-refractivity contribution in [2.24, 2.45) is 17.6 Å². The number of rotatable bonds is 3. The van der Waals surface area contributed by atoms with Crippen molar-refractivity contribution in [2.45, 2.75) is 45.8 Å². The van der Waals surface area contributed by atoms with Gasteiger partial charge in [-0.2, -0.15) is 0 Å². The Hall–Kier alpha value is -0.610. The zero-order valence-corrected chi connectivity index (χ0v) is 10.5. The molecule has 1 amide bonds. The fourth-order valence-corrected chi connectivity index (χ4v) is 2.10. The molecule has 0 radical (unpaired) electrons. The van der Waals surface area contributed by atoms with E-state index in [1.165, 1.54) is 0 Å². The van der Waals surface area contributed by atoms with Crippen molar-refractivity contribution in [3.8, 4) is 0 Å². The van der Waals surface area contributed by atoms with E-state index in [1.807, 2.05) is 25.7 Å². The van der Waals surface area contributed by atoms with Crippen molar-refractivity contribution >= 4 is 5.91 Å². The molecule has 0 spiro atoms. The predicted molar refractivity (Wildman–Crippen MR) is 63.8 cm³/mol. The molecule has 0 aromatic heterocycles. The quantitative estimate of drug-likeness (QED) is 0.743. The summed E-state index contributed by atoms with van der Waals surface area (Å²) in [6.45, 7) is 7.21. The van der Waals surface area contributed by atoms with Crippen molar-refractivity contribution in [1.29, 1.82) is 0 Å². The van der Waals surface area contributed by atoms with E-state index in [2.05, 4.69) is 0 Å². The van der Waals surface area contributed by atoms with Crippen LogP contribution in [0, 0.1) is 11.8 Å². The average molecular weight is 228 g/mol. The second kappa shape index (κ2) is 5.64. The van der Waals surface area contributed by atoms with Crippen molar-refractivity contribution in [1.82, 2.24) is 4.90 Å². The highest BCUT2D eigenvalue weighted by molar-refractivity contribution is 5.82. The summed E-state index contributed by atoms with van der Waals surface area (Å²) < 4.78 is 0. The summed E-state index contributed by atoms with van der Waals surface area (Å²) in [5.74, 6) is 0.570. The van der Waals surface area contributed by atoms with E-state index < -0.39 is 0 Å². The molecular formula is C12H24N2O2. The molecule has 16 heavy (non-hydrogen) atoms. The van der Waals surface area contributed by atoms with Gasteiger partial charge in [0.25, 0.3) is 0 Å². The first-order valence-corrected chi connectivity index (χ1v) is 6.16. The minimum absolute atomic E-state index is 0.0547. The number of hydrogen-bond donors (Lipinski definition) is 2. The van der Waals surface area contributed by atoms with E-state index in [0.717, 1.165) is 25.9 Å². The monoisotopic (exact) mass is 228 g/mol. The maximum absolute atomic E-state index is 12.0.